The van der Waals surface area contributed by atoms with Crippen molar-refractivity contribution in [2.75, 3.05) is 6.61 Å². The lowest BCUT2D eigenvalue weighted by Gasteiger charge is -2.15. The first-order chi connectivity index (χ1) is 16.4. The Morgan fingerprint density at radius 3 is 1.74 bits per heavy atom. The van der Waals surface area contributed by atoms with Crippen LogP contribution in [0.5, 0.6) is 0 Å². The maximum atomic E-state index is 13.0. The van der Waals surface area contributed by atoms with E-state index in [4.69, 9.17) is 4.74 Å². The van der Waals surface area contributed by atoms with Gasteiger partial charge in [-0.15, -0.1) is 5.48 Å². The molecular formula is C24H15F6NO4. The molecule has 5 nitrogen and oxygen atoms in total. The molecule has 0 aromatic heterocycles. The summed E-state index contributed by atoms with van der Waals surface area (Å²) in [5, 5.41) is 0. The predicted octanol–water partition coefficient (Wildman–Crippen LogP) is 6.33. The third-order valence-corrected chi connectivity index (χ3v) is 5.39. The highest BCUT2D eigenvalue weighted by atomic mass is 19.4. The summed E-state index contributed by atoms with van der Waals surface area (Å²) in [5.41, 5.74) is 0.900. The third-order valence-electron chi connectivity index (χ3n) is 5.39. The number of hydroxylamine groups is 1. The molecule has 1 amide bonds. The van der Waals surface area contributed by atoms with Crippen molar-refractivity contribution in [1.82, 2.24) is 5.48 Å². The van der Waals surface area contributed by atoms with Gasteiger partial charge in [0.05, 0.1) is 16.7 Å². The maximum Gasteiger partial charge on any atom is 0.440 e. The summed E-state index contributed by atoms with van der Waals surface area (Å²) in [6, 6.07) is 15.2. The van der Waals surface area contributed by atoms with Gasteiger partial charge in [0.2, 0.25) is 0 Å². The molecule has 1 aliphatic rings. The Labute approximate surface area is 194 Å². The number of ether oxygens (including phenoxy) is 1. The van der Waals surface area contributed by atoms with Gasteiger partial charge >= 0.3 is 24.4 Å². The SMILES string of the molecule is O=C(NOC(=O)c1cc(C(F)(F)F)cc(C(F)(F)F)c1)OCC1c2ccccc2-c2ccccc21. The third kappa shape index (κ3) is 5.08. The topological polar surface area (TPSA) is 64.6 Å². The second-order valence-electron chi connectivity index (χ2n) is 7.61. The average Bonchev–Trinajstić information content (AvgIpc) is 3.13. The van der Waals surface area contributed by atoms with E-state index < -0.39 is 41.1 Å². The molecule has 4 rings (SSSR count). The lowest BCUT2D eigenvalue weighted by molar-refractivity contribution is -0.143. The Morgan fingerprint density at radius 1 is 0.771 bits per heavy atom. The molecular weight excluding hydrogens is 480 g/mol. The zero-order valence-electron chi connectivity index (χ0n) is 17.5. The summed E-state index contributed by atoms with van der Waals surface area (Å²) in [7, 11) is 0. The van der Waals surface area contributed by atoms with Gasteiger partial charge in [-0.1, -0.05) is 48.5 Å². The fourth-order valence-electron chi connectivity index (χ4n) is 3.85. The van der Waals surface area contributed by atoms with Crippen molar-refractivity contribution in [3.05, 3.63) is 94.5 Å². The molecule has 0 fully saturated rings. The van der Waals surface area contributed by atoms with Crippen LogP contribution >= 0.6 is 0 Å². The van der Waals surface area contributed by atoms with Crippen LogP contribution < -0.4 is 5.48 Å². The van der Waals surface area contributed by atoms with Gasteiger partial charge in [-0.3, -0.25) is 0 Å². The largest absolute Gasteiger partial charge is 0.446 e. The van der Waals surface area contributed by atoms with Crippen molar-refractivity contribution in [3.63, 3.8) is 0 Å². The molecule has 0 saturated carbocycles. The van der Waals surface area contributed by atoms with E-state index in [9.17, 15) is 35.9 Å². The van der Waals surface area contributed by atoms with Gasteiger partial charge in [-0.25, -0.2) is 9.59 Å². The van der Waals surface area contributed by atoms with Crippen LogP contribution in [0.1, 0.15) is 38.5 Å². The first-order valence-electron chi connectivity index (χ1n) is 10.1. The Kier molecular flexibility index (Phi) is 6.18. The minimum Gasteiger partial charge on any atom is -0.446 e. The molecule has 182 valence electrons. The number of nitrogens with one attached hydrogen (secondary N) is 1. The molecule has 0 bridgehead atoms. The highest BCUT2D eigenvalue weighted by Gasteiger charge is 2.38. The molecule has 0 spiro atoms. The van der Waals surface area contributed by atoms with E-state index in [0.29, 0.717) is 0 Å². The number of amides is 1. The van der Waals surface area contributed by atoms with Gasteiger partial charge in [-0.2, -0.15) is 26.3 Å². The fraction of sp³-hybridized carbons (Fsp3) is 0.167. The standard InChI is InChI=1S/C24H15F6NO4/c25-23(26,27)14-9-13(10-15(11-14)24(28,29)30)21(32)35-31-22(33)34-12-20-18-7-3-1-5-16(18)17-6-2-4-8-19(17)20/h1-11,20H,12H2,(H,31,33). The molecule has 0 heterocycles. The van der Waals surface area contributed by atoms with Gasteiger partial charge in [0.1, 0.15) is 6.61 Å². The molecule has 3 aromatic rings. The number of hydrogen-bond donors (Lipinski definition) is 1. The van der Waals surface area contributed by atoms with Gasteiger partial charge in [0.15, 0.2) is 0 Å². The molecule has 0 unspecified atom stereocenters. The molecule has 0 aliphatic heterocycles. The summed E-state index contributed by atoms with van der Waals surface area (Å²) in [5.74, 6) is -1.95. The average molecular weight is 495 g/mol. The second kappa shape index (κ2) is 8.97. The smallest absolute Gasteiger partial charge is 0.440 e. The molecule has 0 atom stereocenters. The van der Waals surface area contributed by atoms with Crippen molar-refractivity contribution in [2.24, 2.45) is 0 Å². The molecule has 1 N–H and O–H groups in total. The van der Waals surface area contributed by atoms with Crippen molar-refractivity contribution in [1.29, 1.82) is 0 Å². The Hall–Kier alpha value is -4.02. The Bertz CT molecular complexity index is 1210. The summed E-state index contributed by atoms with van der Waals surface area (Å²) in [4.78, 5) is 28.5. The second-order valence-corrected chi connectivity index (χ2v) is 7.61. The van der Waals surface area contributed by atoms with E-state index in [-0.39, 0.29) is 30.7 Å². The van der Waals surface area contributed by atoms with Crippen LogP contribution in [0.25, 0.3) is 11.1 Å². The van der Waals surface area contributed by atoms with Crippen LogP contribution in [0.15, 0.2) is 66.7 Å². The highest BCUT2D eigenvalue weighted by Crippen LogP contribution is 2.44. The normalized spacial score (nSPS) is 13.1. The number of halogens is 6. The van der Waals surface area contributed by atoms with Crippen molar-refractivity contribution in [3.8, 4) is 11.1 Å². The molecule has 3 aromatic carbocycles. The molecule has 35 heavy (non-hydrogen) atoms. The molecule has 11 heteroatoms. The van der Waals surface area contributed by atoms with Crippen LogP contribution in [0, 0.1) is 0 Å². The van der Waals surface area contributed by atoms with Crippen LogP contribution in [0.4, 0.5) is 31.1 Å². The van der Waals surface area contributed by atoms with Crippen LogP contribution in [0.3, 0.4) is 0 Å². The van der Waals surface area contributed by atoms with Crippen LogP contribution in [-0.4, -0.2) is 18.7 Å². The highest BCUT2D eigenvalue weighted by molar-refractivity contribution is 5.90. The first kappa shape index (κ1) is 24.1. The Morgan fingerprint density at radius 2 is 1.26 bits per heavy atom. The molecule has 0 saturated heterocycles. The number of rotatable bonds is 3. The number of alkyl halides is 6. The number of benzene rings is 3. The molecule has 0 radical (unpaired) electrons. The minimum absolute atomic E-state index is 0.129. The quantitative estimate of drug-likeness (QED) is 0.341. The monoisotopic (exact) mass is 495 g/mol. The van der Waals surface area contributed by atoms with E-state index in [0.717, 1.165) is 22.3 Å². The summed E-state index contributed by atoms with van der Waals surface area (Å²) >= 11 is 0. The number of carbonyl (C=O) groups excluding carboxylic acids is 2. The van der Waals surface area contributed by atoms with Crippen LogP contribution in [-0.2, 0) is 21.9 Å². The van der Waals surface area contributed by atoms with Crippen molar-refractivity contribution < 1.29 is 45.5 Å². The number of hydrogen-bond acceptors (Lipinski definition) is 4. The van der Waals surface area contributed by atoms with E-state index in [1.54, 1.807) is 5.48 Å². The van der Waals surface area contributed by atoms with Gasteiger partial charge < -0.3 is 9.57 Å². The predicted molar refractivity (Wildman–Crippen MR) is 110 cm³/mol. The van der Waals surface area contributed by atoms with Gasteiger partial charge in [0, 0.05) is 5.92 Å². The van der Waals surface area contributed by atoms with Crippen molar-refractivity contribution in [2.45, 2.75) is 18.3 Å². The summed E-state index contributed by atoms with van der Waals surface area (Å²) in [6.45, 7) is -0.154. The number of carbonyl (C=O) groups is 2. The zero-order chi connectivity index (χ0) is 25.4. The molecule has 1 aliphatic carbocycles. The maximum absolute atomic E-state index is 13.0. The zero-order valence-corrected chi connectivity index (χ0v) is 17.5. The number of fused-ring (bicyclic) bond motifs is 3. The summed E-state index contributed by atoms with van der Waals surface area (Å²) < 4.78 is 82.9. The van der Waals surface area contributed by atoms with E-state index in [2.05, 4.69) is 4.84 Å². The van der Waals surface area contributed by atoms with Gasteiger partial charge in [-0.05, 0) is 40.5 Å². The van der Waals surface area contributed by atoms with E-state index in [1.807, 2.05) is 48.5 Å². The minimum atomic E-state index is -5.14. The van der Waals surface area contributed by atoms with Gasteiger partial charge in [0.25, 0.3) is 0 Å². The van der Waals surface area contributed by atoms with Crippen LogP contribution in [0.2, 0.25) is 0 Å². The fourth-order valence-corrected chi connectivity index (χ4v) is 3.85. The van der Waals surface area contributed by atoms with E-state index in [1.165, 1.54) is 0 Å². The Balaban J connectivity index is 1.42. The lowest BCUT2D eigenvalue weighted by Crippen LogP contribution is -2.29. The first-order valence-corrected chi connectivity index (χ1v) is 10.1. The van der Waals surface area contributed by atoms with Crippen molar-refractivity contribution >= 4 is 12.1 Å². The summed E-state index contributed by atoms with van der Waals surface area (Å²) in [6.07, 6.45) is -11.5. The van der Waals surface area contributed by atoms with E-state index >= 15 is 0 Å². The lowest BCUT2D eigenvalue weighted by atomic mass is 9.98.